The lowest BCUT2D eigenvalue weighted by atomic mass is 10.5. The van der Waals surface area contributed by atoms with Crippen LogP contribution in [0.5, 0.6) is 0 Å². The van der Waals surface area contributed by atoms with E-state index in [4.69, 9.17) is 45.7 Å². The monoisotopic (exact) mass is 240 g/mol. The third-order valence-corrected chi connectivity index (χ3v) is 3.88. The van der Waals surface area contributed by atoms with E-state index in [9.17, 15) is 4.57 Å². The number of hydrogen-bond donors (Lipinski definition) is 0. The second-order valence-electron chi connectivity index (χ2n) is 1.61. The van der Waals surface area contributed by atoms with Gasteiger partial charge in [0, 0.05) is 10.8 Å². The zero-order valence-corrected chi connectivity index (χ0v) is 8.94. The van der Waals surface area contributed by atoms with Gasteiger partial charge in [-0.1, -0.05) is 11.6 Å². The Bertz CT molecular complexity index is 182. The van der Waals surface area contributed by atoms with E-state index in [0.29, 0.717) is 0 Å². The first-order valence-corrected chi connectivity index (χ1v) is 6.73. The molecule has 0 aliphatic rings. The van der Waals surface area contributed by atoms with Gasteiger partial charge in [0.1, 0.15) is 0 Å². The molecule has 0 bridgehead atoms. The molecule has 60 valence electrons. The van der Waals surface area contributed by atoms with Crippen molar-refractivity contribution in [2.24, 2.45) is 0 Å². The fourth-order valence-corrected chi connectivity index (χ4v) is 3.79. The molecule has 0 aliphatic heterocycles. The van der Waals surface area contributed by atoms with E-state index in [1.807, 2.05) is 0 Å². The maximum atomic E-state index is 10.9. The van der Waals surface area contributed by atoms with Crippen LogP contribution < -0.4 is 0 Å². The van der Waals surface area contributed by atoms with Crippen LogP contribution in [0.2, 0.25) is 0 Å². The summed E-state index contributed by atoms with van der Waals surface area (Å²) in [5, 5.41) is -0.336. The van der Waals surface area contributed by atoms with Crippen LogP contribution in [0.1, 0.15) is 6.92 Å². The normalized spacial score (nSPS) is 17.1. The molecule has 0 N–H and O–H groups in total. The highest BCUT2D eigenvalue weighted by Gasteiger charge is 2.24. The number of allylic oxidation sites excluding steroid dienone is 1. The molecule has 0 radical (unpaired) electrons. The van der Waals surface area contributed by atoms with Gasteiger partial charge in [0.05, 0.1) is 5.38 Å². The zero-order chi connectivity index (χ0) is 8.36. The van der Waals surface area contributed by atoms with Crippen LogP contribution in [0.4, 0.5) is 0 Å². The average molecular weight is 242 g/mol. The van der Waals surface area contributed by atoms with Crippen molar-refractivity contribution >= 4 is 51.5 Å². The fraction of sp³-hybridized carbons (Fsp3) is 0.500. The summed E-state index contributed by atoms with van der Waals surface area (Å²) < 4.78 is 10.9. The van der Waals surface area contributed by atoms with Crippen molar-refractivity contribution in [1.82, 2.24) is 0 Å². The number of rotatable bonds is 2. The minimum absolute atomic E-state index is 0.166. The second-order valence-corrected chi connectivity index (χ2v) is 7.30. The third-order valence-electron chi connectivity index (χ3n) is 0.820. The molecule has 0 saturated carbocycles. The van der Waals surface area contributed by atoms with Crippen molar-refractivity contribution in [2.75, 3.05) is 0 Å². The maximum absolute atomic E-state index is 10.9. The summed E-state index contributed by atoms with van der Waals surface area (Å²) in [6.07, 6.45) is 0. The molecule has 0 amide bonds. The summed E-state index contributed by atoms with van der Waals surface area (Å²) in [4.78, 5) is 0. The molecule has 0 fully saturated rings. The molecule has 1 atom stereocenters. The van der Waals surface area contributed by atoms with Gasteiger partial charge in [-0.2, -0.15) is 0 Å². The van der Waals surface area contributed by atoms with Crippen molar-refractivity contribution in [3.05, 3.63) is 10.8 Å². The summed E-state index contributed by atoms with van der Waals surface area (Å²) in [7, 11) is 0. The Kier molecular flexibility index (Phi) is 4.71. The molecular formula is C4H5Cl4OP. The van der Waals surface area contributed by atoms with Crippen LogP contribution in [0, 0.1) is 0 Å². The smallest absolute Gasteiger partial charge is 0.280 e. The first-order valence-electron chi connectivity index (χ1n) is 2.34. The lowest BCUT2D eigenvalue weighted by Crippen LogP contribution is -1.91. The van der Waals surface area contributed by atoms with E-state index in [2.05, 4.69) is 0 Å². The molecule has 0 aromatic heterocycles. The SMILES string of the molecule is CC(Cl)/C(=C\Cl)P(=O)(Cl)Cl. The lowest BCUT2D eigenvalue weighted by molar-refractivity contribution is 0.595. The Morgan fingerprint density at radius 3 is 2.00 bits per heavy atom. The Hall–Kier alpha value is 1.13. The first-order chi connectivity index (χ1) is 4.39. The molecule has 0 rings (SSSR count). The Morgan fingerprint density at radius 2 is 2.00 bits per heavy atom. The fourth-order valence-electron chi connectivity index (χ4n) is 0.351. The molecular weight excluding hydrogens is 237 g/mol. The third kappa shape index (κ3) is 3.50. The van der Waals surface area contributed by atoms with Gasteiger partial charge in [-0.3, -0.25) is 4.57 Å². The van der Waals surface area contributed by atoms with Crippen molar-refractivity contribution in [2.45, 2.75) is 12.3 Å². The van der Waals surface area contributed by atoms with E-state index >= 15 is 0 Å². The summed E-state index contributed by atoms with van der Waals surface area (Å²) in [5.74, 6) is -3.29. The van der Waals surface area contributed by atoms with Crippen molar-refractivity contribution < 1.29 is 4.57 Å². The molecule has 0 spiro atoms. The van der Waals surface area contributed by atoms with E-state index in [0.717, 1.165) is 5.54 Å². The van der Waals surface area contributed by atoms with Crippen molar-refractivity contribution in [3.63, 3.8) is 0 Å². The van der Waals surface area contributed by atoms with E-state index < -0.39 is 11.2 Å². The van der Waals surface area contributed by atoms with Crippen molar-refractivity contribution in [3.8, 4) is 0 Å². The summed E-state index contributed by atoms with van der Waals surface area (Å²) >= 11 is 21.4. The van der Waals surface area contributed by atoms with Crippen LogP contribution >= 0.6 is 51.5 Å². The topological polar surface area (TPSA) is 17.1 Å². The standard InChI is InChI=1S/C4H5Cl4OP/c1-3(6)4(2-5)10(7,8)9/h2-3H,1H3/b4-2+. The van der Waals surface area contributed by atoms with Gasteiger partial charge in [0.2, 0.25) is 0 Å². The zero-order valence-electron chi connectivity index (χ0n) is 5.02. The van der Waals surface area contributed by atoms with Gasteiger partial charge < -0.3 is 0 Å². The van der Waals surface area contributed by atoms with E-state index in [-0.39, 0.29) is 5.31 Å². The average Bonchev–Trinajstić information content (AvgIpc) is 1.60. The molecule has 0 saturated heterocycles. The molecule has 0 aromatic carbocycles. The van der Waals surface area contributed by atoms with E-state index in [1.54, 1.807) is 6.92 Å². The highest BCUT2D eigenvalue weighted by molar-refractivity contribution is 8.11. The molecule has 0 aromatic rings. The quantitative estimate of drug-likeness (QED) is 0.519. The van der Waals surface area contributed by atoms with Crippen LogP contribution in [0.25, 0.3) is 0 Å². The van der Waals surface area contributed by atoms with Gasteiger partial charge >= 0.3 is 0 Å². The Balaban J connectivity index is 4.57. The second kappa shape index (κ2) is 4.23. The van der Waals surface area contributed by atoms with E-state index in [1.165, 1.54) is 0 Å². The van der Waals surface area contributed by atoms with Crippen LogP contribution in [-0.2, 0) is 4.57 Å². The van der Waals surface area contributed by atoms with Crippen LogP contribution in [0.15, 0.2) is 10.8 Å². The highest BCUT2D eigenvalue weighted by Crippen LogP contribution is 2.65. The minimum atomic E-state index is -3.29. The Morgan fingerprint density at radius 1 is 1.60 bits per heavy atom. The van der Waals surface area contributed by atoms with Gasteiger partial charge in [-0.15, -0.1) is 11.6 Å². The molecule has 0 aliphatic carbocycles. The van der Waals surface area contributed by atoms with Gasteiger partial charge in [-0.05, 0) is 29.4 Å². The summed E-state index contributed by atoms with van der Waals surface area (Å²) in [6, 6.07) is 0. The Labute approximate surface area is 79.2 Å². The number of hydrogen-bond acceptors (Lipinski definition) is 1. The van der Waals surface area contributed by atoms with Gasteiger partial charge in [-0.25, -0.2) is 0 Å². The molecule has 1 unspecified atom stereocenters. The summed E-state index contributed by atoms with van der Waals surface area (Å²) in [6.45, 7) is 1.59. The largest absolute Gasteiger partial charge is 0.284 e. The summed E-state index contributed by atoms with van der Waals surface area (Å²) in [5.41, 5.74) is 1.05. The molecule has 6 heteroatoms. The number of halogens is 4. The maximum Gasteiger partial charge on any atom is 0.280 e. The number of alkyl halides is 1. The highest BCUT2D eigenvalue weighted by atomic mass is 35.9. The van der Waals surface area contributed by atoms with Gasteiger partial charge in [0.15, 0.2) is 0 Å². The molecule has 0 heterocycles. The molecule has 1 nitrogen and oxygen atoms in total. The van der Waals surface area contributed by atoms with Gasteiger partial charge in [0.25, 0.3) is 5.85 Å². The lowest BCUT2D eigenvalue weighted by Gasteiger charge is -2.07. The van der Waals surface area contributed by atoms with Crippen LogP contribution in [0.3, 0.4) is 0 Å². The first kappa shape index (κ1) is 11.1. The minimum Gasteiger partial charge on any atom is -0.284 e. The molecule has 10 heavy (non-hydrogen) atoms. The van der Waals surface area contributed by atoms with Crippen LogP contribution in [-0.4, -0.2) is 5.38 Å². The predicted octanol–water partition coefficient (Wildman–Crippen LogP) is 4.36. The predicted molar refractivity (Wildman–Crippen MR) is 48.6 cm³/mol. The van der Waals surface area contributed by atoms with Crippen molar-refractivity contribution in [1.29, 1.82) is 0 Å².